The minimum atomic E-state index is -0.526. The second-order valence-corrected chi connectivity index (χ2v) is 19.8. The van der Waals surface area contributed by atoms with E-state index in [2.05, 4.69) is 290 Å². The number of nitrogens with zero attached hydrogens (tertiary/aromatic N) is 1. The lowest BCUT2D eigenvalue weighted by atomic mass is 9.67. The van der Waals surface area contributed by atoms with E-state index < -0.39 is 10.8 Å². The molecular formula is C72H47N. The van der Waals surface area contributed by atoms with Crippen molar-refractivity contribution in [1.29, 1.82) is 0 Å². The van der Waals surface area contributed by atoms with Gasteiger partial charge in [-0.25, -0.2) is 0 Å². The van der Waals surface area contributed by atoms with Gasteiger partial charge < -0.3 is 4.90 Å². The summed E-state index contributed by atoms with van der Waals surface area (Å²) in [6, 6.07) is 106. The van der Waals surface area contributed by atoms with Gasteiger partial charge in [0.25, 0.3) is 0 Å². The maximum Gasteiger partial charge on any atom is 0.0731 e. The first-order valence-electron chi connectivity index (χ1n) is 25.5. The Morgan fingerprint density at radius 3 is 1.38 bits per heavy atom. The lowest BCUT2D eigenvalue weighted by Crippen LogP contribution is -2.28. The highest BCUT2D eigenvalue weighted by Crippen LogP contribution is 2.65. The van der Waals surface area contributed by atoms with Crippen molar-refractivity contribution in [1.82, 2.24) is 0 Å². The van der Waals surface area contributed by atoms with Crippen LogP contribution in [0.5, 0.6) is 0 Å². The first kappa shape index (κ1) is 41.5. The summed E-state index contributed by atoms with van der Waals surface area (Å²) in [5, 5.41) is 2.57. The van der Waals surface area contributed by atoms with Gasteiger partial charge in [-0.3, -0.25) is 0 Å². The van der Waals surface area contributed by atoms with Gasteiger partial charge in [-0.2, -0.15) is 0 Å². The molecule has 0 saturated heterocycles. The average molecular weight is 926 g/mol. The molecule has 1 spiro atoms. The molecule has 3 aliphatic rings. The van der Waals surface area contributed by atoms with Crippen LogP contribution in [0.3, 0.4) is 0 Å². The van der Waals surface area contributed by atoms with Crippen molar-refractivity contribution in [3.63, 3.8) is 0 Å². The van der Waals surface area contributed by atoms with Crippen LogP contribution in [0.2, 0.25) is 0 Å². The summed E-state index contributed by atoms with van der Waals surface area (Å²) in [7, 11) is 0. The lowest BCUT2D eigenvalue weighted by molar-refractivity contribution is 0.768. The van der Waals surface area contributed by atoms with Gasteiger partial charge in [0.2, 0.25) is 0 Å². The standard InChI is InChI=1S/C72H47N/c1-4-19-48(20-5-1)49-35-40-54(41-36-49)73(56-44-45-61-59-27-12-15-32-64(59)71(68(61)47-56,52-22-6-2-7-23-52)53-24-8-3-9-25-53)55-42-37-51(38-43-55)58-30-18-31-62-60-28-13-16-33-65(60)72(70(58)62)66-34-17-14-29-63(66)69-57-26-11-10-21-50(57)39-46-67(69)72/h1-47H. The van der Waals surface area contributed by atoms with Crippen molar-refractivity contribution in [3.8, 4) is 55.6 Å². The zero-order chi connectivity index (χ0) is 48.1. The van der Waals surface area contributed by atoms with Gasteiger partial charge in [0.15, 0.2) is 0 Å². The quantitative estimate of drug-likeness (QED) is 0.154. The lowest BCUT2D eigenvalue weighted by Gasteiger charge is -2.35. The number of benzene rings is 12. The number of anilines is 3. The highest BCUT2D eigenvalue weighted by atomic mass is 15.1. The Kier molecular flexibility index (Phi) is 9.16. The summed E-state index contributed by atoms with van der Waals surface area (Å²) in [6.45, 7) is 0. The van der Waals surface area contributed by atoms with Crippen LogP contribution < -0.4 is 4.90 Å². The highest BCUT2D eigenvalue weighted by Gasteiger charge is 2.53. The fourth-order valence-electron chi connectivity index (χ4n) is 13.5. The molecule has 340 valence electrons. The van der Waals surface area contributed by atoms with E-state index in [4.69, 9.17) is 0 Å². The van der Waals surface area contributed by atoms with E-state index in [0.29, 0.717) is 0 Å². The van der Waals surface area contributed by atoms with E-state index in [1.165, 1.54) is 111 Å². The maximum atomic E-state index is 2.47. The second-order valence-electron chi connectivity index (χ2n) is 19.8. The molecule has 0 heterocycles. The van der Waals surface area contributed by atoms with E-state index in [0.717, 1.165) is 17.1 Å². The molecule has 1 heteroatoms. The molecule has 0 aromatic heterocycles. The molecule has 1 atom stereocenters. The topological polar surface area (TPSA) is 3.24 Å². The Morgan fingerprint density at radius 1 is 0.247 bits per heavy atom. The summed E-state index contributed by atoms with van der Waals surface area (Å²) in [6.07, 6.45) is 0. The Balaban J connectivity index is 0.928. The predicted molar refractivity (Wildman–Crippen MR) is 303 cm³/mol. The molecule has 1 nitrogen and oxygen atoms in total. The molecule has 0 N–H and O–H groups in total. The molecule has 0 aliphatic heterocycles. The average Bonchev–Trinajstić information content (AvgIpc) is 4.08. The van der Waals surface area contributed by atoms with Crippen LogP contribution in [-0.4, -0.2) is 0 Å². The molecular weight excluding hydrogens is 879 g/mol. The Hall–Kier alpha value is -9.30. The number of rotatable bonds is 7. The molecule has 0 fully saturated rings. The largest absolute Gasteiger partial charge is 0.310 e. The van der Waals surface area contributed by atoms with Gasteiger partial charge in [0.1, 0.15) is 0 Å². The molecule has 0 saturated carbocycles. The fraction of sp³-hybridized carbons (Fsp3) is 0.0278. The molecule has 0 radical (unpaired) electrons. The van der Waals surface area contributed by atoms with Crippen LogP contribution >= 0.6 is 0 Å². The molecule has 12 aromatic carbocycles. The molecule has 0 amide bonds. The third kappa shape index (κ3) is 5.85. The van der Waals surface area contributed by atoms with Gasteiger partial charge in [-0.1, -0.05) is 249 Å². The first-order valence-corrected chi connectivity index (χ1v) is 25.5. The van der Waals surface area contributed by atoms with Crippen molar-refractivity contribution in [3.05, 3.63) is 330 Å². The predicted octanol–water partition coefficient (Wildman–Crippen LogP) is 18.4. The van der Waals surface area contributed by atoms with Crippen LogP contribution in [0.15, 0.2) is 285 Å². The third-order valence-electron chi connectivity index (χ3n) is 16.4. The molecule has 12 aromatic rings. The zero-order valence-electron chi connectivity index (χ0n) is 40.1. The van der Waals surface area contributed by atoms with Crippen LogP contribution in [0.1, 0.15) is 44.5 Å². The number of hydrogen-bond acceptors (Lipinski definition) is 1. The third-order valence-corrected chi connectivity index (χ3v) is 16.4. The van der Waals surface area contributed by atoms with Gasteiger partial charge in [-0.15, -0.1) is 0 Å². The minimum Gasteiger partial charge on any atom is -0.310 e. The fourth-order valence-corrected chi connectivity index (χ4v) is 13.5. The Labute approximate surface area is 426 Å². The van der Waals surface area contributed by atoms with E-state index in [9.17, 15) is 0 Å². The summed E-state index contributed by atoms with van der Waals surface area (Å²) in [5.74, 6) is 0. The summed E-state index contributed by atoms with van der Waals surface area (Å²) in [5.41, 5.74) is 25.4. The highest BCUT2D eigenvalue weighted by molar-refractivity contribution is 6.07. The van der Waals surface area contributed by atoms with Gasteiger partial charge in [0.05, 0.1) is 10.8 Å². The Bertz CT molecular complexity index is 4080. The zero-order valence-corrected chi connectivity index (χ0v) is 40.1. The number of fused-ring (bicyclic) bond motifs is 15. The molecule has 1 unspecified atom stereocenters. The Morgan fingerprint density at radius 2 is 0.712 bits per heavy atom. The van der Waals surface area contributed by atoms with Crippen molar-refractivity contribution in [2.24, 2.45) is 0 Å². The summed E-state index contributed by atoms with van der Waals surface area (Å²) < 4.78 is 0. The van der Waals surface area contributed by atoms with Gasteiger partial charge >= 0.3 is 0 Å². The van der Waals surface area contributed by atoms with E-state index in [1.54, 1.807) is 0 Å². The van der Waals surface area contributed by atoms with Crippen LogP contribution in [-0.2, 0) is 10.8 Å². The van der Waals surface area contributed by atoms with E-state index in [-0.39, 0.29) is 0 Å². The molecule has 3 aliphatic carbocycles. The minimum absolute atomic E-state index is 0.490. The normalized spacial score (nSPS) is 15.0. The molecule has 15 rings (SSSR count). The van der Waals surface area contributed by atoms with Gasteiger partial charge in [-0.05, 0) is 147 Å². The van der Waals surface area contributed by atoms with Crippen molar-refractivity contribution in [2.75, 3.05) is 4.90 Å². The van der Waals surface area contributed by atoms with E-state index in [1.807, 2.05) is 0 Å². The second kappa shape index (κ2) is 16.1. The molecule has 0 bridgehead atoms. The van der Waals surface area contributed by atoms with E-state index >= 15 is 0 Å². The van der Waals surface area contributed by atoms with Gasteiger partial charge in [0, 0.05) is 17.1 Å². The van der Waals surface area contributed by atoms with Crippen LogP contribution in [0, 0.1) is 0 Å². The summed E-state index contributed by atoms with van der Waals surface area (Å²) >= 11 is 0. The van der Waals surface area contributed by atoms with Crippen molar-refractivity contribution >= 4 is 27.8 Å². The van der Waals surface area contributed by atoms with Crippen molar-refractivity contribution < 1.29 is 0 Å². The number of hydrogen-bond donors (Lipinski definition) is 0. The van der Waals surface area contributed by atoms with Crippen LogP contribution in [0.25, 0.3) is 66.4 Å². The summed E-state index contributed by atoms with van der Waals surface area (Å²) in [4.78, 5) is 2.45. The maximum absolute atomic E-state index is 2.47. The smallest absolute Gasteiger partial charge is 0.0731 e. The SMILES string of the molecule is c1ccc(-c2ccc(N(c3ccc(-c4cccc5c4C4(c6ccccc6-5)c5ccccc5-c5c4ccc4ccccc54)cc3)c3ccc4c(c3)C(c3ccccc3)(c3ccccc3)c3ccccc3-4)cc2)cc1. The monoisotopic (exact) mass is 925 g/mol. The van der Waals surface area contributed by atoms with Crippen molar-refractivity contribution in [2.45, 2.75) is 10.8 Å². The molecule has 73 heavy (non-hydrogen) atoms. The first-order chi connectivity index (χ1) is 36.2. The van der Waals surface area contributed by atoms with Crippen LogP contribution in [0.4, 0.5) is 17.1 Å².